The molecule has 0 radical (unpaired) electrons. The van der Waals surface area contributed by atoms with Crippen LogP contribution in [0.3, 0.4) is 0 Å². The van der Waals surface area contributed by atoms with Crippen molar-refractivity contribution in [3.63, 3.8) is 0 Å². The molecule has 0 aliphatic carbocycles. The Balaban J connectivity index is 1.68. The highest BCUT2D eigenvalue weighted by atomic mass is 16.7. The topological polar surface area (TPSA) is 57.0 Å². The van der Waals surface area contributed by atoms with Gasteiger partial charge in [0.05, 0.1) is 7.11 Å². The van der Waals surface area contributed by atoms with Crippen molar-refractivity contribution >= 4 is 0 Å². The highest BCUT2D eigenvalue weighted by Crippen LogP contribution is 2.32. The monoisotopic (exact) mass is 328 g/mol. The average molecular weight is 328 g/mol. The molecule has 0 saturated heterocycles. The maximum atomic E-state index is 5.70. The van der Waals surface area contributed by atoms with Crippen LogP contribution in [0.5, 0.6) is 17.2 Å². The molecule has 2 aromatic carbocycles. The molecule has 1 aliphatic heterocycles. The standard InChI is InChI=1S/C19H24N2O3/c1-22-17-6-3-15(4-7-17)12-21(10-2-9-20)13-16-5-8-18-19(11-16)24-14-23-18/h3-8,11H,2,9-10,12-14,20H2,1H3. The van der Waals surface area contributed by atoms with E-state index in [9.17, 15) is 0 Å². The largest absolute Gasteiger partial charge is 0.497 e. The molecule has 0 fully saturated rings. The van der Waals surface area contributed by atoms with E-state index in [-0.39, 0.29) is 0 Å². The first kappa shape index (κ1) is 16.6. The van der Waals surface area contributed by atoms with Crippen LogP contribution in [-0.2, 0) is 13.1 Å². The van der Waals surface area contributed by atoms with Gasteiger partial charge in [-0.2, -0.15) is 0 Å². The van der Waals surface area contributed by atoms with E-state index in [1.54, 1.807) is 7.11 Å². The molecule has 5 heteroatoms. The molecule has 0 bridgehead atoms. The lowest BCUT2D eigenvalue weighted by atomic mass is 10.1. The summed E-state index contributed by atoms with van der Waals surface area (Å²) >= 11 is 0. The van der Waals surface area contributed by atoms with Gasteiger partial charge in [0.2, 0.25) is 6.79 Å². The first-order chi connectivity index (χ1) is 11.8. The molecule has 0 amide bonds. The fourth-order valence-corrected chi connectivity index (χ4v) is 2.82. The van der Waals surface area contributed by atoms with Gasteiger partial charge in [-0.1, -0.05) is 18.2 Å². The molecular weight excluding hydrogens is 304 g/mol. The summed E-state index contributed by atoms with van der Waals surface area (Å²) in [6.45, 7) is 3.68. The third-order valence-corrected chi connectivity index (χ3v) is 4.09. The molecule has 0 unspecified atom stereocenters. The Morgan fingerprint density at radius 3 is 2.46 bits per heavy atom. The van der Waals surface area contributed by atoms with E-state index in [1.807, 2.05) is 18.2 Å². The van der Waals surface area contributed by atoms with E-state index >= 15 is 0 Å². The Morgan fingerprint density at radius 2 is 1.71 bits per heavy atom. The molecule has 0 saturated carbocycles. The van der Waals surface area contributed by atoms with Crippen LogP contribution in [-0.4, -0.2) is 31.9 Å². The Labute approximate surface area is 142 Å². The predicted octanol–water partition coefficient (Wildman–Crippen LogP) is 2.77. The van der Waals surface area contributed by atoms with Crippen molar-refractivity contribution < 1.29 is 14.2 Å². The number of nitrogens with two attached hydrogens (primary N) is 1. The molecule has 0 atom stereocenters. The van der Waals surface area contributed by atoms with Gasteiger partial charge in [0.1, 0.15) is 5.75 Å². The van der Waals surface area contributed by atoms with Crippen molar-refractivity contribution in [3.8, 4) is 17.2 Å². The van der Waals surface area contributed by atoms with Crippen molar-refractivity contribution in [2.24, 2.45) is 5.73 Å². The van der Waals surface area contributed by atoms with Crippen LogP contribution < -0.4 is 19.9 Å². The molecule has 24 heavy (non-hydrogen) atoms. The lowest BCUT2D eigenvalue weighted by Crippen LogP contribution is -2.25. The van der Waals surface area contributed by atoms with Crippen LogP contribution in [0.2, 0.25) is 0 Å². The second kappa shape index (κ2) is 8.04. The van der Waals surface area contributed by atoms with Gasteiger partial charge < -0.3 is 19.9 Å². The van der Waals surface area contributed by atoms with Crippen molar-refractivity contribution in [1.29, 1.82) is 0 Å². The molecule has 2 N–H and O–H groups in total. The molecule has 0 aromatic heterocycles. The zero-order valence-electron chi connectivity index (χ0n) is 14.0. The highest BCUT2D eigenvalue weighted by Gasteiger charge is 2.15. The molecule has 1 aliphatic rings. The van der Waals surface area contributed by atoms with Gasteiger partial charge in [0, 0.05) is 19.6 Å². The minimum atomic E-state index is 0.307. The third kappa shape index (κ3) is 4.19. The van der Waals surface area contributed by atoms with Gasteiger partial charge in [0.15, 0.2) is 11.5 Å². The number of methoxy groups -OCH3 is 1. The molecule has 3 rings (SSSR count). The lowest BCUT2D eigenvalue weighted by Gasteiger charge is -2.22. The van der Waals surface area contributed by atoms with E-state index in [1.165, 1.54) is 11.1 Å². The molecular formula is C19H24N2O3. The Kier molecular flexibility index (Phi) is 5.56. The molecule has 128 valence electrons. The third-order valence-electron chi connectivity index (χ3n) is 4.09. The van der Waals surface area contributed by atoms with Crippen LogP contribution in [0.1, 0.15) is 17.5 Å². The van der Waals surface area contributed by atoms with Crippen molar-refractivity contribution in [1.82, 2.24) is 4.90 Å². The second-order valence-electron chi connectivity index (χ2n) is 5.89. The lowest BCUT2D eigenvalue weighted by molar-refractivity contribution is 0.174. The molecule has 1 heterocycles. The number of rotatable bonds is 8. The quantitative estimate of drug-likeness (QED) is 0.807. The van der Waals surface area contributed by atoms with Crippen LogP contribution in [0.25, 0.3) is 0 Å². The normalized spacial score (nSPS) is 12.6. The number of hydrogen-bond donors (Lipinski definition) is 1. The summed E-state index contributed by atoms with van der Waals surface area (Å²) in [7, 11) is 1.68. The van der Waals surface area contributed by atoms with Gasteiger partial charge in [-0.25, -0.2) is 0 Å². The first-order valence-electron chi connectivity index (χ1n) is 8.22. The van der Waals surface area contributed by atoms with Crippen molar-refractivity contribution in [2.75, 3.05) is 27.0 Å². The first-order valence-corrected chi connectivity index (χ1v) is 8.22. The van der Waals surface area contributed by atoms with Crippen molar-refractivity contribution in [3.05, 3.63) is 53.6 Å². The van der Waals surface area contributed by atoms with Crippen molar-refractivity contribution in [2.45, 2.75) is 19.5 Å². The summed E-state index contributed by atoms with van der Waals surface area (Å²) in [5.41, 5.74) is 8.17. The fourth-order valence-electron chi connectivity index (χ4n) is 2.82. The average Bonchev–Trinajstić information content (AvgIpc) is 3.08. The maximum Gasteiger partial charge on any atom is 0.231 e. The van der Waals surface area contributed by atoms with E-state index < -0.39 is 0 Å². The smallest absolute Gasteiger partial charge is 0.231 e. The van der Waals surface area contributed by atoms with Gasteiger partial charge in [-0.05, 0) is 48.4 Å². The minimum Gasteiger partial charge on any atom is -0.497 e. The molecule has 0 spiro atoms. The summed E-state index contributed by atoms with van der Waals surface area (Å²) in [6.07, 6.45) is 0.973. The summed E-state index contributed by atoms with van der Waals surface area (Å²) in [5, 5.41) is 0. The fraction of sp³-hybridized carbons (Fsp3) is 0.368. The highest BCUT2D eigenvalue weighted by molar-refractivity contribution is 5.44. The van der Waals surface area contributed by atoms with Crippen LogP contribution in [0.4, 0.5) is 0 Å². The van der Waals surface area contributed by atoms with Crippen LogP contribution in [0.15, 0.2) is 42.5 Å². The summed E-state index contributed by atoms with van der Waals surface area (Å²) in [4.78, 5) is 2.40. The van der Waals surface area contributed by atoms with E-state index in [4.69, 9.17) is 19.9 Å². The number of ether oxygens (including phenoxy) is 3. The number of nitrogens with zero attached hydrogens (tertiary/aromatic N) is 1. The second-order valence-corrected chi connectivity index (χ2v) is 5.89. The Hall–Kier alpha value is -2.24. The Morgan fingerprint density at radius 1 is 1.00 bits per heavy atom. The van der Waals surface area contributed by atoms with Gasteiger partial charge in [-0.3, -0.25) is 4.90 Å². The number of fused-ring (bicyclic) bond motifs is 1. The van der Waals surface area contributed by atoms with Gasteiger partial charge in [0.25, 0.3) is 0 Å². The predicted molar refractivity (Wildman–Crippen MR) is 93.3 cm³/mol. The SMILES string of the molecule is COc1ccc(CN(CCCN)Cc2ccc3c(c2)OCO3)cc1. The number of hydrogen-bond acceptors (Lipinski definition) is 5. The molecule has 5 nitrogen and oxygen atoms in total. The Bertz CT molecular complexity index is 658. The summed E-state index contributed by atoms with van der Waals surface area (Å²) in [5.74, 6) is 2.53. The zero-order valence-corrected chi connectivity index (χ0v) is 14.0. The van der Waals surface area contributed by atoms with Crippen LogP contribution in [0, 0.1) is 0 Å². The van der Waals surface area contributed by atoms with Crippen LogP contribution >= 0.6 is 0 Å². The minimum absolute atomic E-state index is 0.307. The molecule has 2 aromatic rings. The van der Waals surface area contributed by atoms with E-state index in [0.717, 1.165) is 43.3 Å². The zero-order chi connectivity index (χ0) is 16.8. The van der Waals surface area contributed by atoms with Gasteiger partial charge in [-0.15, -0.1) is 0 Å². The van der Waals surface area contributed by atoms with Gasteiger partial charge >= 0.3 is 0 Å². The van der Waals surface area contributed by atoms with E-state index in [2.05, 4.69) is 29.2 Å². The number of benzene rings is 2. The summed E-state index contributed by atoms with van der Waals surface area (Å²) in [6, 6.07) is 14.3. The van der Waals surface area contributed by atoms with E-state index in [0.29, 0.717) is 13.3 Å². The summed E-state index contributed by atoms with van der Waals surface area (Å²) < 4.78 is 16.1. The maximum absolute atomic E-state index is 5.70.